The molecule has 0 radical (unpaired) electrons. The molecule has 1 atom stereocenters. The van der Waals surface area contributed by atoms with Crippen molar-refractivity contribution >= 4 is 23.2 Å². The average molecular weight is 488 g/mol. The monoisotopic (exact) mass is 487 g/mol. The zero-order chi connectivity index (χ0) is 25.2. The van der Waals surface area contributed by atoms with Gasteiger partial charge in [0.05, 0.1) is 0 Å². The van der Waals surface area contributed by atoms with Gasteiger partial charge < -0.3 is 19.9 Å². The Kier molecular flexibility index (Phi) is 6.51. The van der Waals surface area contributed by atoms with Gasteiger partial charge in [-0.1, -0.05) is 17.7 Å². The molecule has 4 heterocycles. The van der Waals surface area contributed by atoms with Crippen molar-refractivity contribution in [2.75, 3.05) is 29.9 Å². The summed E-state index contributed by atoms with van der Waals surface area (Å²) in [6.45, 7) is 5.60. The molecule has 1 aromatic carbocycles. The SMILES string of the molecule is Cc1ccc(NC(=O)Cn2c(C)cc(=O)n3nc(-c4ccc(N5CCCC(CO)C5)nc4)nc23)cc1. The van der Waals surface area contributed by atoms with Crippen molar-refractivity contribution in [3.63, 3.8) is 0 Å². The van der Waals surface area contributed by atoms with E-state index in [2.05, 4.69) is 25.3 Å². The molecule has 1 aliphatic rings. The molecule has 0 aliphatic carbocycles. The van der Waals surface area contributed by atoms with Gasteiger partial charge in [-0.25, -0.2) is 4.98 Å². The third-order valence-corrected chi connectivity index (χ3v) is 6.54. The number of anilines is 2. The van der Waals surface area contributed by atoms with Gasteiger partial charge >= 0.3 is 0 Å². The maximum absolute atomic E-state index is 12.8. The molecule has 1 aliphatic heterocycles. The Morgan fingerprint density at radius 1 is 1.17 bits per heavy atom. The standard InChI is InChI=1S/C26H29N7O3/c1-17-5-8-21(9-6-17)28-23(35)15-32-18(2)12-24(36)33-26(32)29-25(30-33)20-7-10-22(27-13-20)31-11-3-4-19(14-31)16-34/h5-10,12-13,19,34H,3-4,11,14-16H2,1-2H3,(H,28,35). The zero-order valence-corrected chi connectivity index (χ0v) is 20.4. The van der Waals surface area contributed by atoms with Crippen LogP contribution < -0.4 is 15.8 Å². The Labute approximate surface area is 208 Å². The first kappa shape index (κ1) is 23.7. The van der Waals surface area contributed by atoms with Gasteiger partial charge in [-0.2, -0.15) is 9.50 Å². The van der Waals surface area contributed by atoms with Crippen molar-refractivity contribution in [2.24, 2.45) is 5.92 Å². The number of aliphatic hydroxyl groups excluding tert-OH is 1. The predicted octanol–water partition coefficient (Wildman–Crippen LogP) is 2.42. The second-order valence-corrected chi connectivity index (χ2v) is 9.31. The highest BCUT2D eigenvalue weighted by Crippen LogP contribution is 2.23. The molecule has 3 aromatic heterocycles. The minimum Gasteiger partial charge on any atom is -0.396 e. The Morgan fingerprint density at radius 2 is 1.97 bits per heavy atom. The summed E-state index contributed by atoms with van der Waals surface area (Å²) >= 11 is 0. The fourth-order valence-electron chi connectivity index (χ4n) is 4.53. The van der Waals surface area contributed by atoms with Crippen molar-refractivity contribution in [1.82, 2.24) is 24.1 Å². The molecular formula is C26H29N7O3. The van der Waals surface area contributed by atoms with Crippen LogP contribution in [0.4, 0.5) is 11.5 Å². The van der Waals surface area contributed by atoms with Gasteiger partial charge in [0.15, 0.2) is 5.82 Å². The number of hydrogen-bond donors (Lipinski definition) is 2. The van der Waals surface area contributed by atoms with Crippen LogP contribution in [0, 0.1) is 19.8 Å². The van der Waals surface area contributed by atoms with Gasteiger partial charge in [0.2, 0.25) is 11.7 Å². The molecule has 10 nitrogen and oxygen atoms in total. The van der Waals surface area contributed by atoms with Crippen LogP contribution >= 0.6 is 0 Å². The number of carbonyl (C=O) groups excluding carboxylic acids is 1. The van der Waals surface area contributed by atoms with Gasteiger partial charge in [-0.15, -0.1) is 5.10 Å². The number of rotatable bonds is 6. The maximum atomic E-state index is 12.8. The number of aryl methyl sites for hydroxylation is 2. The molecule has 36 heavy (non-hydrogen) atoms. The van der Waals surface area contributed by atoms with E-state index in [-0.39, 0.29) is 30.5 Å². The molecule has 1 unspecified atom stereocenters. The fourth-order valence-corrected chi connectivity index (χ4v) is 4.53. The minimum atomic E-state index is -0.315. The number of aliphatic hydroxyl groups is 1. The van der Waals surface area contributed by atoms with Gasteiger partial charge in [0.25, 0.3) is 5.56 Å². The minimum absolute atomic E-state index is 0.0141. The highest BCUT2D eigenvalue weighted by molar-refractivity contribution is 5.90. The van der Waals surface area contributed by atoms with Crippen LogP contribution in [-0.4, -0.2) is 54.9 Å². The van der Waals surface area contributed by atoms with E-state index < -0.39 is 0 Å². The molecule has 186 valence electrons. The van der Waals surface area contributed by atoms with Crippen LogP contribution in [0.3, 0.4) is 0 Å². The van der Waals surface area contributed by atoms with Crippen LogP contribution in [0.25, 0.3) is 17.2 Å². The topological polar surface area (TPSA) is 118 Å². The summed E-state index contributed by atoms with van der Waals surface area (Å²) in [7, 11) is 0. The lowest BCUT2D eigenvalue weighted by Crippen LogP contribution is -2.37. The Morgan fingerprint density at radius 3 is 2.69 bits per heavy atom. The number of amides is 1. The van der Waals surface area contributed by atoms with Crippen LogP contribution in [0.1, 0.15) is 24.1 Å². The normalized spacial score (nSPS) is 15.9. The lowest BCUT2D eigenvalue weighted by atomic mass is 9.99. The second-order valence-electron chi connectivity index (χ2n) is 9.31. The molecule has 1 saturated heterocycles. The van der Waals surface area contributed by atoms with E-state index in [9.17, 15) is 14.7 Å². The Hall–Kier alpha value is -4.05. The largest absolute Gasteiger partial charge is 0.396 e. The number of carbonyl (C=O) groups is 1. The van der Waals surface area contributed by atoms with Gasteiger partial charge in [0.1, 0.15) is 12.4 Å². The van der Waals surface area contributed by atoms with Crippen molar-refractivity contribution in [3.05, 3.63) is 70.3 Å². The molecule has 0 bridgehead atoms. The molecule has 4 aromatic rings. The molecule has 0 spiro atoms. The van der Waals surface area contributed by atoms with E-state index in [0.717, 1.165) is 37.3 Å². The molecule has 0 saturated carbocycles. The lowest BCUT2D eigenvalue weighted by molar-refractivity contribution is -0.116. The fraction of sp³-hybridized carbons (Fsp3) is 0.346. The van der Waals surface area contributed by atoms with Crippen LogP contribution in [0.5, 0.6) is 0 Å². The van der Waals surface area contributed by atoms with E-state index in [1.165, 1.54) is 10.6 Å². The van der Waals surface area contributed by atoms with E-state index in [1.807, 2.05) is 43.3 Å². The smallest absolute Gasteiger partial charge is 0.275 e. The molecule has 5 rings (SSSR count). The summed E-state index contributed by atoms with van der Waals surface area (Å²) in [5, 5.41) is 16.8. The third-order valence-electron chi connectivity index (χ3n) is 6.54. The third kappa shape index (κ3) is 4.85. The number of hydrogen-bond acceptors (Lipinski definition) is 7. The van der Waals surface area contributed by atoms with E-state index in [4.69, 9.17) is 0 Å². The maximum Gasteiger partial charge on any atom is 0.275 e. The first-order chi connectivity index (χ1) is 17.4. The lowest BCUT2D eigenvalue weighted by Gasteiger charge is -2.32. The van der Waals surface area contributed by atoms with Crippen molar-refractivity contribution in [1.29, 1.82) is 0 Å². The number of fused-ring (bicyclic) bond motifs is 1. The van der Waals surface area contributed by atoms with Crippen LogP contribution in [-0.2, 0) is 11.3 Å². The van der Waals surface area contributed by atoms with Gasteiger partial charge in [-0.05, 0) is 56.9 Å². The predicted molar refractivity (Wildman–Crippen MR) is 137 cm³/mol. The van der Waals surface area contributed by atoms with Crippen LogP contribution in [0.15, 0.2) is 53.5 Å². The molecular weight excluding hydrogens is 458 g/mol. The average Bonchev–Trinajstić information content (AvgIpc) is 3.34. The van der Waals surface area contributed by atoms with E-state index in [1.54, 1.807) is 17.7 Å². The Bertz CT molecular complexity index is 1440. The van der Waals surface area contributed by atoms with Gasteiger partial charge in [-0.3, -0.25) is 9.59 Å². The van der Waals surface area contributed by atoms with Crippen molar-refractivity contribution < 1.29 is 9.90 Å². The quantitative estimate of drug-likeness (QED) is 0.429. The number of nitrogens with zero attached hydrogens (tertiary/aromatic N) is 6. The number of aromatic nitrogens is 5. The number of piperidine rings is 1. The second kappa shape index (κ2) is 9.90. The molecule has 1 fully saturated rings. The summed E-state index contributed by atoms with van der Waals surface area (Å²) in [4.78, 5) is 36.7. The van der Waals surface area contributed by atoms with Crippen LogP contribution in [0.2, 0.25) is 0 Å². The first-order valence-corrected chi connectivity index (χ1v) is 12.1. The molecule has 10 heteroatoms. The number of pyridine rings is 1. The van der Waals surface area contributed by atoms with E-state index >= 15 is 0 Å². The Balaban J connectivity index is 1.40. The number of benzene rings is 1. The highest BCUT2D eigenvalue weighted by Gasteiger charge is 2.21. The van der Waals surface area contributed by atoms with Crippen molar-refractivity contribution in [3.8, 4) is 11.4 Å². The zero-order valence-electron chi connectivity index (χ0n) is 20.4. The summed E-state index contributed by atoms with van der Waals surface area (Å²) in [5.41, 5.74) is 2.78. The summed E-state index contributed by atoms with van der Waals surface area (Å²) in [6, 6.07) is 12.8. The van der Waals surface area contributed by atoms with E-state index in [0.29, 0.717) is 28.5 Å². The summed E-state index contributed by atoms with van der Waals surface area (Å²) in [5.74, 6) is 1.52. The summed E-state index contributed by atoms with van der Waals surface area (Å²) in [6.07, 6.45) is 3.74. The first-order valence-electron chi connectivity index (χ1n) is 12.1. The highest BCUT2D eigenvalue weighted by atomic mass is 16.3. The molecule has 1 amide bonds. The number of nitrogens with one attached hydrogen (secondary N) is 1. The molecule has 2 N–H and O–H groups in total. The summed E-state index contributed by atoms with van der Waals surface area (Å²) < 4.78 is 2.89. The van der Waals surface area contributed by atoms with Crippen molar-refractivity contribution in [2.45, 2.75) is 33.2 Å². The van der Waals surface area contributed by atoms with Gasteiger partial charge in [0, 0.05) is 48.9 Å².